The number of anilines is 1. The average molecular weight is 502 g/mol. The molecule has 0 amide bonds. The third kappa shape index (κ3) is 3.44. The Bertz CT molecular complexity index is 1540. The van der Waals surface area contributed by atoms with E-state index in [9.17, 15) is 0 Å². The second-order valence-corrected chi connectivity index (χ2v) is 10.9. The Morgan fingerprint density at radius 3 is 2.83 bits per heavy atom. The summed E-state index contributed by atoms with van der Waals surface area (Å²) in [6.45, 7) is 4.00. The molecule has 2 aliphatic carbocycles. The van der Waals surface area contributed by atoms with Crippen molar-refractivity contribution in [2.45, 2.75) is 63.6 Å². The highest BCUT2D eigenvalue weighted by molar-refractivity contribution is 6.34. The number of benzene rings is 1. The minimum atomic E-state index is -0.636. The second-order valence-electron chi connectivity index (χ2n) is 10.6. The van der Waals surface area contributed by atoms with E-state index in [0.717, 1.165) is 53.2 Å². The molecule has 7 rings (SSSR count). The number of aryl methyl sites for hydroxylation is 1. The number of nitrogens with two attached hydrogens (primary N) is 1. The van der Waals surface area contributed by atoms with Crippen molar-refractivity contribution < 1.29 is 9.47 Å². The van der Waals surface area contributed by atoms with Gasteiger partial charge in [0.05, 0.1) is 23.0 Å². The van der Waals surface area contributed by atoms with E-state index in [1.165, 1.54) is 11.3 Å². The topological polar surface area (TPSA) is 88.1 Å². The monoisotopic (exact) mass is 501 g/mol. The summed E-state index contributed by atoms with van der Waals surface area (Å²) in [4.78, 5) is 13.4. The van der Waals surface area contributed by atoms with Gasteiger partial charge in [-0.3, -0.25) is 0 Å². The van der Waals surface area contributed by atoms with Crippen molar-refractivity contribution in [1.29, 1.82) is 0 Å². The fourth-order valence-corrected chi connectivity index (χ4v) is 6.71. The maximum atomic E-state index is 6.57. The van der Waals surface area contributed by atoms with Gasteiger partial charge in [-0.1, -0.05) is 35.9 Å². The predicted octanol–water partition coefficient (Wildman–Crippen LogP) is 5.50. The lowest BCUT2D eigenvalue weighted by atomic mass is 10.0. The molecule has 2 fully saturated rings. The smallest absolute Gasteiger partial charge is 0.163 e. The molecule has 8 heteroatoms. The van der Waals surface area contributed by atoms with E-state index in [-0.39, 0.29) is 24.2 Å². The number of rotatable bonds is 3. The number of ether oxygens (including phenoxy) is 2. The molecule has 7 nitrogen and oxygen atoms in total. The molecule has 4 heterocycles. The number of nitrogen functional groups attached to an aromatic ring is 1. The summed E-state index contributed by atoms with van der Waals surface area (Å²) in [6, 6.07) is 10.2. The van der Waals surface area contributed by atoms with Gasteiger partial charge in [0.2, 0.25) is 0 Å². The molecule has 0 radical (unpaired) electrons. The van der Waals surface area contributed by atoms with Gasteiger partial charge in [-0.2, -0.15) is 0 Å². The largest absolute Gasteiger partial charge is 0.384 e. The number of pyridine rings is 1. The van der Waals surface area contributed by atoms with Crippen molar-refractivity contribution in [3.05, 3.63) is 64.7 Å². The van der Waals surface area contributed by atoms with E-state index < -0.39 is 5.79 Å². The van der Waals surface area contributed by atoms with Crippen molar-refractivity contribution >= 4 is 45.4 Å². The Labute approximate surface area is 214 Å². The summed E-state index contributed by atoms with van der Waals surface area (Å²) in [7, 11) is 0. The van der Waals surface area contributed by atoms with Crippen LogP contribution in [0.3, 0.4) is 0 Å². The molecule has 2 N–H and O–H groups in total. The zero-order valence-electron chi connectivity index (χ0n) is 20.3. The van der Waals surface area contributed by atoms with Gasteiger partial charge in [0, 0.05) is 17.0 Å². The number of hydrogen-bond acceptors (Lipinski definition) is 6. The zero-order chi connectivity index (χ0) is 24.6. The van der Waals surface area contributed by atoms with Crippen LogP contribution in [0.1, 0.15) is 49.6 Å². The lowest BCUT2D eigenvalue weighted by molar-refractivity contribution is -0.158. The maximum absolute atomic E-state index is 6.57. The first-order valence-electron chi connectivity index (χ1n) is 12.6. The molecule has 3 aliphatic rings. The summed E-state index contributed by atoms with van der Waals surface area (Å²) in [5, 5.41) is 2.62. The average Bonchev–Trinajstić information content (AvgIpc) is 3.57. The standard InChI is InChI=1S/C28H28ClN5O2/c1-28(2)35-24-17(9-7-15-6-8-16-10-11-22(30)33-19(16)12-15)13-21(25(24)36-28)34-20-5-3-4-18(20)23-26(29)31-14-32-27(23)34/h6-12,14,17,21,24-25H,3-5,13H2,1-2H3,(H2,30,33)/b9-7+/t17-,21+,24+,25-/m0/s1. The molecule has 0 bridgehead atoms. The van der Waals surface area contributed by atoms with Crippen LogP contribution in [0.15, 0.2) is 42.7 Å². The number of fused-ring (bicyclic) bond motifs is 5. The fraction of sp³-hybridized carbons (Fsp3) is 0.393. The van der Waals surface area contributed by atoms with Crippen LogP contribution in [0.5, 0.6) is 0 Å². The Morgan fingerprint density at radius 1 is 1.11 bits per heavy atom. The zero-order valence-corrected chi connectivity index (χ0v) is 21.1. The van der Waals surface area contributed by atoms with E-state index in [0.29, 0.717) is 11.0 Å². The van der Waals surface area contributed by atoms with Crippen LogP contribution in [0.25, 0.3) is 28.0 Å². The number of aromatic nitrogens is 4. The first kappa shape index (κ1) is 22.2. The van der Waals surface area contributed by atoms with Crippen LogP contribution in [0.4, 0.5) is 5.82 Å². The Hall–Kier alpha value is -3.00. The van der Waals surface area contributed by atoms with Crippen molar-refractivity contribution in [2.24, 2.45) is 5.92 Å². The van der Waals surface area contributed by atoms with Gasteiger partial charge < -0.3 is 19.8 Å². The highest BCUT2D eigenvalue weighted by Crippen LogP contribution is 2.50. The summed E-state index contributed by atoms with van der Waals surface area (Å²) in [5.74, 6) is 0.0841. The van der Waals surface area contributed by atoms with Crippen molar-refractivity contribution in [3.8, 4) is 0 Å². The van der Waals surface area contributed by atoms with Crippen LogP contribution in [-0.2, 0) is 22.3 Å². The van der Waals surface area contributed by atoms with Crippen LogP contribution in [0.2, 0.25) is 5.15 Å². The first-order valence-corrected chi connectivity index (χ1v) is 13.0. The van der Waals surface area contributed by atoms with Crippen molar-refractivity contribution in [2.75, 3.05) is 5.73 Å². The van der Waals surface area contributed by atoms with Crippen LogP contribution in [0, 0.1) is 5.92 Å². The molecule has 1 saturated heterocycles. The van der Waals surface area contributed by atoms with Gasteiger partial charge in [-0.15, -0.1) is 0 Å². The Balaban J connectivity index is 1.27. The quantitative estimate of drug-likeness (QED) is 0.373. The summed E-state index contributed by atoms with van der Waals surface area (Å²) in [6.07, 6.45) is 9.95. The van der Waals surface area contributed by atoms with E-state index in [2.05, 4.69) is 44.9 Å². The Morgan fingerprint density at radius 2 is 1.94 bits per heavy atom. The lowest BCUT2D eigenvalue weighted by Gasteiger charge is -2.25. The van der Waals surface area contributed by atoms with Crippen LogP contribution in [-0.4, -0.2) is 37.5 Å². The van der Waals surface area contributed by atoms with Crippen molar-refractivity contribution in [1.82, 2.24) is 19.5 Å². The van der Waals surface area contributed by atoms with Gasteiger partial charge in [-0.05, 0) is 68.9 Å². The highest BCUT2D eigenvalue weighted by atomic mass is 35.5. The predicted molar refractivity (Wildman–Crippen MR) is 141 cm³/mol. The maximum Gasteiger partial charge on any atom is 0.163 e. The van der Waals surface area contributed by atoms with E-state index in [4.69, 9.17) is 31.8 Å². The second kappa shape index (κ2) is 8.00. The molecular formula is C28H28ClN5O2. The van der Waals surface area contributed by atoms with Gasteiger partial charge in [0.1, 0.15) is 29.0 Å². The molecule has 3 aromatic heterocycles. The van der Waals surface area contributed by atoms with Gasteiger partial charge >= 0.3 is 0 Å². The van der Waals surface area contributed by atoms with Gasteiger partial charge in [0.25, 0.3) is 0 Å². The normalized spacial score (nSPS) is 26.9. The fourth-order valence-electron chi connectivity index (χ4n) is 6.47. The lowest BCUT2D eigenvalue weighted by Crippen LogP contribution is -2.28. The molecule has 0 unspecified atom stereocenters. The molecule has 1 aromatic carbocycles. The van der Waals surface area contributed by atoms with E-state index in [1.807, 2.05) is 26.0 Å². The summed E-state index contributed by atoms with van der Waals surface area (Å²) < 4.78 is 15.4. The SMILES string of the molecule is CC1(C)O[C@@H]2[C@H](O1)[C@@H](/C=C/c1ccc3ccc(N)nc3c1)C[C@H]2n1c2c(c3c(Cl)ncnc31)CCC2. The highest BCUT2D eigenvalue weighted by Gasteiger charge is 2.54. The van der Waals surface area contributed by atoms with Crippen molar-refractivity contribution in [3.63, 3.8) is 0 Å². The number of halogens is 1. The summed E-state index contributed by atoms with van der Waals surface area (Å²) >= 11 is 6.57. The molecular weight excluding hydrogens is 474 g/mol. The molecule has 4 aromatic rings. The van der Waals surface area contributed by atoms with Gasteiger partial charge in [0.15, 0.2) is 5.79 Å². The molecule has 1 saturated carbocycles. The third-order valence-electron chi connectivity index (χ3n) is 7.87. The first-order chi connectivity index (χ1) is 17.4. The molecule has 36 heavy (non-hydrogen) atoms. The van der Waals surface area contributed by atoms with Crippen LogP contribution < -0.4 is 5.73 Å². The molecule has 4 atom stereocenters. The molecule has 0 spiro atoms. The molecule has 1 aliphatic heterocycles. The molecule has 184 valence electrons. The number of hydrogen-bond donors (Lipinski definition) is 1. The minimum absolute atomic E-state index is 0.0395. The van der Waals surface area contributed by atoms with E-state index in [1.54, 1.807) is 6.33 Å². The van der Waals surface area contributed by atoms with Crippen LogP contribution >= 0.6 is 11.6 Å². The summed E-state index contributed by atoms with van der Waals surface area (Å²) in [5.41, 5.74) is 11.4. The van der Waals surface area contributed by atoms with E-state index >= 15 is 0 Å². The minimum Gasteiger partial charge on any atom is -0.384 e. The Kier molecular flexibility index (Phi) is 4.94. The number of nitrogens with zero attached hydrogens (tertiary/aromatic N) is 4. The third-order valence-corrected chi connectivity index (χ3v) is 8.16. The van der Waals surface area contributed by atoms with Gasteiger partial charge in [-0.25, -0.2) is 15.0 Å².